The summed E-state index contributed by atoms with van der Waals surface area (Å²) in [5.74, 6) is -0.142. The number of fused-ring (bicyclic) bond motifs is 1. The van der Waals surface area contributed by atoms with Crippen molar-refractivity contribution in [1.82, 2.24) is 9.47 Å². The van der Waals surface area contributed by atoms with Crippen molar-refractivity contribution in [3.05, 3.63) is 46.2 Å². The normalized spacial score (nSPS) is 19.5. The molecule has 0 radical (unpaired) electrons. The molecule has 1 aromatic carbocycles. The number of aromatic nitrogens is 1. The van der Waals surface area contributed by atoms with Gasteiger partial charge in [0.25, 0.3) is 5.56 Å². The van der Waals surface area contributed by atoms with Crippen LogP contribution >= 0.6 is 0 Å². The summed E-state index contributed by atoms with van der Waals surface area (Å²) in [5.41, 5.74) is 1.08. The van der Waals surface area contributed by atoms with E-state index in [2.05, 4.69) is 0 Å². The minimum absolute atomic E-state index is 0.00129. The van der Waals surface area contributed by atoms with Crippen LogP contribution in [0.2, 0.25) is 0 Å². The lowest BCUT2D eigenvalue weighted by atomic mass is 10.1. The fraction of sp³-hybridized carbons (Fsp3) is 0.412. The Hall–Kier alpha value is -2.15. The molecule has 6 nitrogen and oxygen atoms in total. The molecule has 3 rings (SSSR count). The third kappa shape index (κ3) is 3.08. The van der Waals surface area contributed by atoms with E-state index >= 15 is 0 Å². The van der Waals surface area contributed by atoms with Crippen LogP contribution in [0.1, 0.15) is 12.0 Å². The van der Waals surface area contributed by atoms with Crippen LogP contribution in [-0.4, -0.2) is 48.4 Å². The standard InChI is InChI=1S/C17H20N2O4S/c1-12-9-13-5-3-4-6-15(13)19(17(12)21)10-16(20)18(2)14-7-8-24(22,23)11-14/h3-6,9,14H,7-8,10-11H2,1-2H3. The van der Waals surface area contributed by atoms with Gasteiger partial charge >= 0.3 is 0 Å². The number of hydrogen-bond donors (Lipinski definition) is 0. The number of sulfone groups is 1. The van der Waals surface area contributed by atoms with Gasteiger partial charge in [0.2, 0.25) is 5.91 Å². The predicted octanol–water partition coefficient (Wildman–Crippen LogP) is 0.955. The molecule has 7 heteroatoms. The van der Waals surface area contributed by atoms with Gasteiger partial charge in [-0.1, -0.05) is 18.2 Å². The summed E-state index contributed by atoms with van der Waals surface area (Å²) in [5, 5.41) is 0.897. The molecule has 2 heterocycles. The second-order valence-electron chi connectivity index (χ2n) is 6.34. The van der Waals surface area contributed by atoms with Crippen molar-refractivity contribution in [1.29, 1.82) is 0 Å². The Labute approximate surface area is 140 Å². The second kappa shape index (κ2) is 6.05. The van der Waals surface area contributed by atoms with E-state index in [1.165, 1.54) is 9.47 Å². The highest BCUT2D eigenvalue weighted by molar-refractivity contribution is 7.91. The van der Waals surface area contributed by atoms with Gasteiger partial charge in [-0.15, -0.1) is 0 Å². The molecule has 0 saturated carbocycles. The first-order valence-corrected chi connectivity index (χ1v) is 9.66. The third-order valence-corrected chi connectivity index (χ3v) is 6.38. The Morgan fingerprint density at radius 2 is 2.04 bits per heavy atom. The molecular weight excluding hydrogens is 328 g/mol. The van der Waals surface area contributed by atoms with Crippen molar-refractivity contribution in [3.8, 4) is 0 Å². The number of carbonyl (C=O) groups is 1. The average molecular weight is 348 g/mol. The molecule has 1 aromatic heterocycles. The molecular formula is C17H20N2O4S. The molecule has 24 heavy (non-hydrogen) atoms. The number of likely N-dealkylation sites (N-methyl/N-ethyl adjacent to an activating group) is 1. The van der Waals surface area contributed by atoms with Gasteiger partial charge in [-0.3, -0.25) is 14.2 Å². The Kier molecular flexibility index (Phi) is 4.21. The first-order valence-electron chi connectivity index (χ1n) is 7.84. The van der Waals surface area contributed by atoms with E-state index in [1.807, 2.05) is 30.3 Å². The van der Waals surface area contributed by atoms with E-state index in [1.54, 1.807) is 14.0 Å². The maximum atomic E-state index is 12.6. The number of pyridine rings is 1. The number of carbonyl (C=O) groups excluding carboxylic acids is 1. The molecule has 0 spiro atoms. The lowest BCUT2D eigenvalue weighted by Crippen LogP contribution is -2.41. The molecule has 1 aliphatic rings. The zero-order chi connectivity index (χ0) is 17.5. The summed E-state index contributed by atoms with van der Waals surface area (Å²) in [7, 11) is -1.45. The van der Waals surface area contributed by atoms with Gasteiger partial charge in [-0.05, 0) is 30.9 Å². The van der Waals surface area contributed by atoms with Gasteiger partial charge < -0.3 is 4.90 Å². The van der Waals surface area contributed by atoms with Gasteiger partial charge in [0.15, 0.2) is 9.84 Å². The summed E-state index contributed by atoms with van der Waals surface area (Å²) in [4.78, 5) is 26.5. The van der Waals surface area contributed by atoms with Crippen LogP contribution in [-0.2, 0) is 21.2 Å². The highest BCUT2D eigenvalue weighted by atomic mass is 32.2. The summed E-state index contributed by atoms with van der Waals surface area (Å²) in [6.07, 6.45) is 0.452. The van der Waals surface area contributed by atoms with Crippen molar-refractivity contribution in [2.45, 2.75) is 25.9 Å². The van der Waals surface area contributed by atoms with Gasteiger partial charge in [-0.25, -0.2) is 8.42 Å². The molecule has 0 aliphatic carbocycles. The fourth-order valence-electron chi connectivity index (χ4n) is 3.16. The van der Waals surface area contributed by atoms with Crippen LogP contribution in [0.25, 0.3) is 10.9 Å². The average Bonchev–Trinajstić information content (AvgIpc) is 2.90. The Balaban J connectivity index is 1.91. The predicted molar refractivity (Wildman–Crippen MR) is 92.8 cm³/mol. The molecule has 128 valence electrons. The molecule has 1 fully saturated rings. The molecule has 2 aromatic rings. The monoisotopic (exact) mass is 348 g/mol. The van der Waals surface area contributed by atoms with Crippen molar-refractivity contribution < 1.29 is 13.2 Å². The Morgan fingerprint density at radius 3 is 2.71 bits per heavy atom. The molecule has 1 atom stereocenters. The van der Waals surface area contributed by atoms with E-state index < -0.39 is 9.84 Å². The third-order valence-electron chi connectivity index (χ3n) is 4.62. The highest BCUT2D eigenvalue weighted by Gasteiger charge is 2.32. The minimum atomic E-state index is -3.06. The van der Waals surface area contributed by atoms with Crippen LogP contribution < -0.4 is 5.56 Å². The zero-order valence-corrected chi connectivity index (χ0v) is 14.5. The number of nitrogens with zero attached hydrogens (tertiary/aromatic N) is 2. The van der Waals surface area contributed by atoms with Gasteiger partial charge in [0.1, 0.15) is 6.54 Å². The second-order valence-corrected chi connectivity index (χ2v) is 8.57. The topological polar surface area (TPSA) is 76.5 Å². The quantitative estimate of drug-likeness (QED) is 0.828. The number of rotatable bonds is 3. The van der Waals surface area contributed by atoms with Gasteiger partial charge in [-0.2, -0.15) is 0 Å². The molecule has 1 saturated heterocycles. The van der Waals surface area contributed by atoms with Crippen LogP contribution in [0.15, 0.2) is 35.1 Å². The van der Waals surface area contributed by atoms with E-state index in [4.69, 9.17) is 0 Å². The maximum absolute atomic E-state index is 12.6. The van der Waals surface area contributed by atoms with Crippen molar-refractivity contribution >= 4 is 26.6 Å². The van der Waals surface area contributed by atoms with Gasteiger partial charge in [0.05, 0.1) is 17.0 Å². The minimum Gasteiger partial charge on any atom is -0.340 e. The molecule has 1 amide bonds. The number of hydrogen-bond acceptors (Lipinski definition) is 4. The van der Waals surface area contributed by atoms with E-state index in [9.17, 15) is 18.0 Å². The molecule has 1 aliphatic heterocycles. The van der Waals surface area contributed by atoms with Crippen LogP contribution in [0.5, 0.6) is 0 Å². The summed E-state index contributed by atoms with van der Waals surface area (Å²) >= 11 is 0. The molecule has 1 unspecified atom stereocenters. The zero-order valence-electron chi connectivity index (χ0n) is 13.7. The Morgan fingerprint density at radius 1 is 1.33 bits per heavy atom. The SMILES string of the molecule is Cc1cc2ccccc2n(CC(=O)N(C)C2CCS(=O)(=O)C2)c1=O. The highest BCUT2D eigenvalue weighted by Crippen LogP contribution is 2.18. The van der Waals surface area contributed by atoms with E-state index in [0.717, 1.165) is 5.39 Å². The lowest BCUT2D eigenvalue weighted by molar-refractivity contribution is -0.132. The largest absolute Gasteiger partial charge is 0.340 e. The number of benzene rings is 1. The maximum Gasteiger partial charge on any atom is 0.254 e. The fourth-order valence-corrected chi connectivity index (χ4v) is 4.94. The summed E-state index contributed by atoms with van der Waals surface area (Å²) in [6, 6.07) is 8.92. The number of aryl methyl sites for hydroxylation is 1. The van der Waals surface area contributed by atoms with Crippen LogP contribution in [0.4, 0.5) is 0 Å². The molecule has 0 N–H and O–H groups in total. The summed E-state index contributed by atoms with van der Waals surface area (Å²) in [6.45, 7) is 1.64. The first-order chi connectivity index (χ1) is 11.3. The molecule has 0 bridgehead atoms. The van der Waals surface area contributed by atoms with Crippen molar-refractivity contribution in [2.24, 2.45) is 0 Å². The van der Waals surface area contributed by atoms with Crippen molar-refractivity contribution in [3.63, 3.8) is 0 Å². The van der Waals surface area contributed by atoms with Crippen LogP contribution in [0, 0.1) is 6.92 Å². The number of para-hydroxylation sites is 1. The van der Waals surface area contributed by atoms with E-state index in [-0.39, 0.29) is 35.6 Å². The first kappa shape index (κ1) is 16.7. The summed E-state index contributed by atoms with van der Waals surface area (Å²) < 4.78 is 24.7. The van der Waals surface area contributed by atoms with E-state index in [0.29, 0.717) is 17.5 Å². The van der Waals surface area contributed by atoms with Crippen molar-refractivity contribution in [2.75, 3.05) is 18.6 Å². The number of amides is 1. The smallest absolute Gasteiger partial charge is 0.254 e. The Bertz CT molecular complexity index is 962. The lowest BCUT2D eigenvalue weighted by Gasteiger charge is -2.24. The van der Waals surface area contributed by atoms with Crippen LogP contribution in [0.3, 0.4) is 0 Å². The van der Waals surface area contributed by atoms with Gasteiger partial charge in [0, 0.05) is 18.7 Å².